The topological polar surface area (TPSA) is 38.4 Å². The van der Waals surface area contributed by atoms with Gasteiger partial charge in [0, 0.05) is 10.6 Å². The standard InChI is InChI=1S/C8H9ClN2/c1-6(11-10)7-4-2-3-5-8(7)9/h2-5H,10H2,1H3. The largest absolute Gasteiger partial charge is 0.323 e. The van der Waals surface area contributed by atoms with Gasteiger partial charge in [-0.05, 0) is 13.0 Å². The molecule has 0 amide bonds. The van der Waals surface area contributed by atoms with Crippen LogP contribution in [0.3, 0.4) is 0 Å². The van der Waals surface area contributed by atoms with Gasteiger partial charge in [0.05, 0.1) is 5.71 Å². The molecule has 1 aromatic rings. The van der Waals surface area contributed by atoms with Gasteiger partial charge >= 0.3 is 0 Å². The van der Waals surface area contributed by atoms with Crippen LogP contribution in [-0.2, 0) is 0 Å². The van der Waals surface area contributed by atoms with Gasteiger partial charge in [-0.25, -0.2) is 0 Å². The lowest BCUT2D eigenvalue weighted by Gasteiger charge is -2.00. The molecule has 2 N–H and O–H groups in total. The van der Waals surface area contributed by atoms with Crippen LogP contribution in [0.4, 0.5) is 0 Å². The molecule has 2 nitrogen and oxygen atoms in total. The minimum Gasteiger partial charge on any atom is -0.323 e. The number of nitrogens with two attached hydrogens (primary N) is 1. The summed E-state index contributed by atoms with van der Waals surface area (Å²) in [6.45, 7) is 1.82. The van der Waals surface area contributed by atoms with Crippen LogP contribution >= 0.6 is 11.6 Å². The maximum atomic E-state index is 5.86. The number of benzene rings is 1. The highest BCUT2D eigenvalue weighted by molar-refractivity contribution is 6.34. The molecular formula is C8H9ClN2. The first-order valence-corrected chi connectivity index (χ1v) is 3.63. The van der Waals surface area contributed by atoms with Crippen LogP contribution in [0.15, 0.2) is 29.4 Å². The number of halogens is 1. The molecule has 58 valence electrons. The Morgan fingerprint density at radius 1 is 1.45 bits per heavy atom. The molecule has 0 saturated carbocycles. The van der Waals surface area contributed by atoms with Crippen LogP contribution in [0.2, 0.25) is 5.02 Å². The van der Waals surface area contributed by atoms with E-state index < -0.39 is 0 Å². The zero-order valence-corrected chi connectivity index (χ0v) is 6.97. The highest BCUT2D eigenvalue weighted by Gasteiger charge is 2.00. The predicted molar refractivity (Wildman–Crippen MR) is 47.9 cm³/mol. The van der Waals surface area contributed by atoms with Crippen LogP contribution in [0.1, 0.15) is 12.5 Å². The molecule has 0 radical (unpaired) electrons. The number of hydrazone groups is 1. The van der Waals surface area contributed by atoms with Gasteiger partial charge < -0.3 is 5.84 Å². The van der Waals surface area contributed by atoms with Crippen molar-refractivity contribution in [2.75, 3.05) is 0 Å². The summed E-state index contributed by atoms with van der Waals surface area (Å²) >= 11 is 5.86. The van der Waals surface area contributed by atoms with Crippen LogP contribution in [0.5, 0.6) is 0 Å². The maximum absolute atomic E-state index is 5.86. The van der Waals surface area contributed by atoms with E-state index in [2.05, 4.69) is 5.10 Å². The lowest BCUT2D eigenvalue weighted by molar-refractivity contribution is 1.24. The summed E-state index contributed by atoms with van der Waals surface area (Å²) in [6, 6.07) is 7.46. The summed E-state index contributed by atoms with van der Waals surface area (Å²) in [5, 5.41) is 4.23. The molecule has 0 heterocycles. The summed E-state index contributed by atoms with van der Waals surface area (Å²) in [5.74, 6) is 5.10. The molecule has 1 aromatic carbocycles. The summed E-state index contributed by atoms with van der Waals surface area (Å²) in [6.07, 6.45) is 0. The smallest absolute Gasteiger partial charge is 0.0656 e. The molecule has 1 rings (SSSR count). The highest BCUT2D eigenvalue weighted by Crippen LogP contribution is 2.15. The van der Waals surface area contributed by atoms with Crippen molar-refractivity contribution in [3.63, 3.8) is 0 Å². The molecule has 0 atom stereocenters. The van der Waals surface area contributed by atoms with E-state index in [1.807, 2.05) is 31.2 Å². The van der Waals surface area contributed by atoms with Crippen LogP contribution in [-0.4, -0.2) is 5.71 Å². The third-order valence-electron chi connectivity index (χ3n) is 1.46. The Balaban J connectivity index is 3.14. The van der Waals surface area contributed by atoms with E-state index in [0.29, 0.717) is 5.02 Å². The second kappa shape index (κ2) is 3.39. The maximum Gasteiger partial charge on any atom is 0.0656 e. The fraction of sp³-hybridized carbons (Fsp3) is 0.125. The average Bonchev–Trinajstić information content (AvgIpc) is 2.04. The molecule has 0 fully saturated rings. The van der Waals surface area contributed by atoms with E-state index in [-0.39, 0.29) is 0 Å². The van der Waals surface area contributed by atoms with Crippen molar-refractivity contribution in [3.05, 3.63) is 34.9 Å². The molecule has 0 aromatic heterocycles. The summed E-state index contributed by atoms with van der Waals surface area (Å²) < 4.78 is 0. The van der Waals surface area contributed by atoms with Gasteiger partial charge in [-0.1, -0.05) is 29.8 Å². The van der Waals surface area contributed by atoms with Crippen molar-refractivity contribution in [3.8, 4) is 0 Å². The molecule has 0 saturated heterocycles. The van der Waals surface area contributed by atoms with Crippen molar-refractivity contribution in [1.29, 1.82) is 0 Å². The van der Waals surface area contributed by atoms with Crippen LogP contribution in [0.25, 0.3) is 0 Å². The molecule has 0 unspecified atom stereocenters. The van der Waals surface area contributed by atoms with Gasteiger partial charge in [-0.2, -0.15) is 5.10 Å². The highest BCUT2D eigenvalue weighted by atomic mass is 35.5. The van der Waals surface area contributed by atoms with Crippen molar-refractivity contribution in [2.24, 2.45) is 10.9 Å². The second-order valence-corrected chi connectivity index (χ2v) is 2.60. The Morgan fingerprint density at radius 3 is 2.64 bits per heavy atom. The lowest BCUT2D eigenvalue weighted by atomic mass is 10.1. The Hall–Kier alpha value is -1.02. The van der Waals surface area contributed by atoms with Gasteiger partial charge in [0.2, 0.25) is 0 Å². The van der Waals surface area contributed by atoms with Crippen molar-refractivity contribution in [2.45, 2.75) is 6.92 Å². The van der Waals surface area contributed by atoms with E-state index in [1.165, 1.54) is 0 Å². The molecule has 0 bridgehead atoms. The number of hydrogen-bond donors (Lipinski definition) is 1. The summed E-state index contributed by atoms with van der Waals surface area (Å²) in [7, 11) is 0. The summed E-state index contributed by atoms with van der Waals surface area (Å²) in [4.78, 5) is 0. The minimum atomic E-state index is 0.680. The Kier molecular flexibility index (Phi) is 2.49. The van der Waals surface area contributed by atoms with E-state index >= 15 is 0 Å². The first-order valence-electron chi connectivity index (χ1n) is 3.25. The zero-order chi connectivity index (χ0) is 8.27. The van der Waals surface area contributed by atoms with Crippen LogP contribution < -0.4 is 5.84 Å². The first kappa shape index (κ1) is 8.08. The summed E-state index contributed by atoms with van der Waals surface area (Å²) in [5.41, 5.74) is 1.63. The molecular weight excluding hydrogens is 160 g/mol. The fourth-order valence-corrected chi connectivity index (χ4v) is 1.10. The number of rotatable bonds is 1. The van der Waals surface area contributed by atoms with Gasteiger partial charge in [0.25, 0.3) is 0 Å². The fourth-order valence-electron chi connectivity index (χ4n) is 0.824. The van der Waals surface area contributed by atoms with E-state index in [9.17, 15) is 0 Å². The molecule has 0 aliphatic carbocycles. The average molecular weight is 169 g/mol. The van der Waals surface area contributed by atoms with Gasteiger partial charge in [-0.15, -0.1) is 0 Å². The minimum absolute atomic E-state index is 0.680. The monoisotopic (exact) mass is 168 g/mol. The van der Waals surface area contributed by atoms with Gasteiger partial charge in [0.15, 0.2) is 0 Å². The molecule has 0 aliphatic rings. The molecule has 3 heteroatoms. The predicted octanol–water partition coefficient (Wildman–Crippen LogP) is 2.02. The van der Waals surface area contributed by atoms with Gasteiger partial charge in [0.1, 0.15) is 0 Å². The third kappa shape index (κ3) is 1.71. The molecule has 11 heavy (non-hydrogen) atoms. The second-order valence-electron chi connectivity index (χ2n) is 2.19. The quantitative estimate of drug-likeness (QED) is 0.389. The van der Waals surface area contributed by atoms with Crippen molar-refractivity contribution in [1.82, 2.24) is 0 Å². The Morgan fingerprint density at radius 2 is 2.09 bits per heavy atom. The normalized spacial score (nSPS) is 11.6. The third-order valence-corrected chi connectivity index (χ3v) is 1.79. The van der Waals surface area contributed by atoms with Crippen LogP contribution in [0, 0.1) is 0 Å². The lowest BCUT2D eigenvalue weighted by Crippen LogP contribution is -1.98. The molecule has 0 aliphatic heterocycles. The van der Waals surface area contributed by atoms with E-state index in [4.69, 9.17) is 17.4 Å². The SMILES string of the molecule is CC(=NN)c1ccccc1Cl. The molecule has 0 spiro atoms. The first-order chi connectivity index (χ1) is 5.25. The van der Waals surface area contributed by atoms with E-state index in [1.54, 1.807) is 0 Å². The van der Waals surface area contributed by atoms with E-state index in [0.717, 1.165) is 11.3 Å². The van der Waals surface area contributed by atoms with Gasteiger partial charge in [-0.3, -0.25) is 0 Å². The number of nitrogens with zero attached hydrogens (tertiary/aromatic N) is 1. The van der Waals surface area contributed by atoms with Crippen molar-refractivity contribution >= 4 is 17.3 Å². The van der Waals surface area contributed by atoms with Crippen molar-refractivity contribution < 1.29 is 0 Å². The number of hydrogen-bond acceptors (Lipinski definition) is 2. The Labute approximate surface area is 70.7 Å². The zero-order valence-electron chi connectivity index (χ0n) is 6.21. The Bertz CT molecular complexity index is 281.